The van der Waals surface area contributed by atoms with E-state index in [1.807, 2.05) is 55.5 Å². The second kappa shape index (κ2) is 9.76. The van der Waals surface area contributed by atoms with Crippen LogP contribution >= 0.6 is 0 Å². The molecule has 3 rings (SSSR count). The van der Waals surface area contributed by atoms with Crippen LogP contribution in [-0.2, 0) is 16.1 Å². The Morgan fingerprint density at radius 1 is 1.17 bits per heavy atom. The minimum absolute atomic E-state index is 0.0423. The van der Waals surface area contributed by atoms with Crippen molar-refractivity contribution in [2.75, 3.05) is 34.3 Å². The molecule has 0 aromatic heterocycles. The Bertz CT molecular complexity index is 862. The van der Waals surface area contributed by atoms with E-state index in [-0.39, 0.29) is 30.2 Å². The van der Waals surface area contributed by atoms with Crippen LogP contribution in [-0.4, -0.2) is 51.0 Å². The van der Waals surface area contributed by atoms with Gasteiger partial charge in [0.15, 0.2) is 0 Å². The maximum absolute atomic E-state index is 12.8. The fraction of sp³-hybridized carbons (Fsp3) is 0.417. The quantitative estimate of drug-likeness (QED) is 0.691. The smallest absolute Gasteiger partial charge is 0.225 e. The zero-order valence-electron chi connectivity index (χ0n) is 18.3. The summed E-state index contributed by atoms with van der Waals surface area (Å²) in [5.41, 5.74) is 3.42. The molecule has 0 unspecified atom stereocenters. The third kappa shape index (κ3) is 5.39. The summed E-state index contributed by atoms with van der Waals surface area (Å²) in [5.74, 6) is 0.514. The highest BCUT2D eigenvalue weighted by Crippen LogP contribution is 2.21. The van der Waals surface area contributed by atoms with Crippen LogP contribution in [0.4, 0.5) is 0 Å². The Kier molecular flexibility index (Phi) is 7.11. The summed E-state index contributed by atoms with van der Waals surface area (Å²) in [6, 6.07) is 16.2. The number of carbonyl (C=O) groups is 2. The Hall–Kier alpha value is -2.86. The van der Waals surface area contributed by atoms with Gasteiger partial charge in [-0.15, -0.1) is 0 Å². The monoisotopic (exact) mass is 410 g/mol. The average Bonchev–Trinajstić information content (AvgIpc) is 3.10. The van der Waals surface area contributed by atoms with Gasteiger partial charge in [-0.2, -0.15) is 0 Å². The van der Waals surface area contributed by atoms with Crippen molar-refractivity contribution in [3.05, 3.63) is 65.2 Å². The van der Waals surface area contributed by atoms with Crippen molar-refractivity contribution in [1.82, 2.24) is 10.2 Å². The lowest BCUT2D eigenvalue weighted by Gasteiger charge is -2.23. The number of hydrogen-bond acceptors (Lipinski definition) is 3. The Balaban J connectivity index is 1.56. The first-order valence-corrected chi connectivity index (χ1v) is 10.4. The summed E-state index contributed by atoms with van der Waals surface area (Å²) in [7, 11) is 5.79. The van der Waals surface area contributed by atoms with E-state index >= 15 is 0 Å². The van der Waals surface area contributed by atoms with Gasteiger partial charge in [-0.1, -0.05) is 29.8 Å². The summed E-state index contributed by atoms with van der Waals surface area (Å²) in [4.78, 5) is 28.2. The largest absolute Gasteiger partial charge is 0.497 e. The molecule has 0 radical (unpaired) electrons. The van der Waals surface area contributed by atoms with E-state index in [2.05, 4.69) is 19.4 Å². The van der Waals surface area contributed by atoms with Crippen LogP contribution in [0.2, 0.25) is 0 Å². The molecule has 1 heterocycles. The number of rotatable bonds is 8. The molecule has 6 nitrogen and oxygen atoms in total. The molecular weight excluding hydrogens is 378 g/mol. The maximum atomic E-state index is 12.8. The summed E-state index contributed by atoms with van der Waals surface area (Å²) in [5, 5.41) is 3.08. The van der Waals surface area contributed by atoms with Crippen LogP contribution in [0.1, 0.15) is 29.2 Å². The Morgan fingerprint density at radius 3 is 2.43 bits per heavy atom. The molecule has 6 heteroatoms. The van der Waals surface area contributed by atoms with Crippen molar-refractivity contribution in [2.24, 2.45) is 5.92 Å². The van der Waals surface area contributed by atoms with Gasteiger partial charge in [0.2, 0.25) is 11.8 Å². The zero-order valence-corrected chi connectivity index (χ0v) is 18.3. The van der Waals surface area contributed by atoms with Gasteiger partial charge >= 0.3 is 0 Å². The van der Waals surface area contributed by atoms with Crippen molar-refractivity contribution in [1.29, 1.82) is 0 Å². The van der Waals surface area contributed by atoms with Gasteiger partial charge in [0, 0.05) is 25.1 Å². The fourth-order valence-electron chi connectivity index (χ4n) is 3.85. The molecule has 2 aromatic carbocycles. The lowest BCUT2D eigenvalue weighted by molar-refractivity contribution is -0.890. The molecule has 0 spiro atoms. The van der Waals surface area contributed by atoms with Crippen LogP contribution in [0.5, 0.6) is 5.75 Å². The molecule has 2 amide bonds. The van der Waals surface area contributed by atoms with E-state index in [0.717, 1.165) is 16.9 Å². The fourth-order valence-corrected chi connectivity index (χ4v) is 3.85. The summed E-state index contributed by atoms with van der Waals surface area (Å²) in [6.45, 7) is 3.59. The predicted molar refractivity (Wildman–Crippen MR) is 116 cm³/mol. The standard InChI is InChI=1S/C24H31N3O3/c1-17-5-7-18(8-6-17)15-27-16-20(13-23(27)28)24(29)25-14-22(26(2)3)19-9-11-21(30-4)12-10-19/h5-12,20,22H,13-16H2,1-4H3,(H,25,29)/p+1/t20-,22+/m1/s1. The van der Waals surface area contributed by atoms with Crippen LogP contribution in [0.3, 0.4) is 0 Å². The highest BCUT2D eigenvalue weighted by atomic mass is 16.5. The molecule has 2 N–H and O–H groups in total. The topological polar surface area (TPSA) is 63.1 Å². The minimum atomic E-state index is -0.295. The molecule has 160 valence electrons. The molecule has 1 aliphatic rings. The van der Waals surface area contributed by atoms with Gasteiger partial charge in [-0.25, -0.2) is 0 Å². The van der Waals surface area contributed by atoms with Gasteiger partial charge in [0.1, 0.15) is 11.8 Å². The van der Waals surface area contributed by atoms with E-state index in [0.29, 0.717) is 19.6 Å². The van der Waals surface area contributed by atoms with Gasteiger partial charge in [0.05, 0.1) is 33.7 Å². The van der Waals surface area contributed by atoms with Crippen LogP contribution in [0, 0.1) is 12.8 Å². The van der Waals surface area contributed by atoms with E-state index in [1.54, 1.807) is 12.0 Å². The van der Waals surface area contributed by atoms with Crippen molar-refractivity contribution in [2.45, 2.75) is 25.9 Å². The second-order valence-corrected chi connectivity index (χ2v) is 8.31. The highest BCUT2D eigenvalue weighted by Gasteiger charge is 2.34. The van der Waals surface area contributed by atoms with E-state index in [4.69, 9.17) is 4.74 Å². The van der Waals surface area contributed by atoms with E-state index in [9.17, 15) is 9.59 Å². The number of quaternary nitrogens is 1. The molecule has 0 aliphatic carbocycles. The first-order chi connectivity index (χ1) is 14.4. The molecule has 2 atom stereocenters. The van der Waals surface area contributed by atoms with Crippen molar-refractivity contribution < 1.29 is 19.2 Å². The van der Waals surface area contributed by atoms with Crippen LogP contribution in [0.15, 0.2) is 48.5 Å². The predicted octanol–water partition coefficient (Wildman–Crippen LogP) is 1.35. The van der Waals surface area contributed by atoms with Gasteiger partial charge in [0.25, 0.3) is 0 Å². The lowest BCUT2D eigenvalue weighted by atomic mass is 10.0. The number of amides is 2. The van der Waals surface area contributed by atoms with Crippen LogP contribution < -0.4 is 15.0 Å². The summed E-state index contributed by atoms with van der Waals surface area (Å²) in [6.07, 6.45) is 0.277. The minimum Gasteiger partial charge on any atom is -0.497 e. The molecular formula is C24H32N3O3+. The number of nitrogens with zero attached hydrogens (tertiary/aromatic N) is 1. The summed E-state index contributed by atoms with van der Waals surface area (Å²) >= 11 is 0. The molecule has 1 aliphatic heterocycles. The Morgan fingerprint density at radius 2 is 1.83 bits per heavy atom. The number of benzene rings is 2. The number of aryl methyl sites for hydroxylation is 1. The molecule has 0 saturated carbocycles. The average molecular weight is 411 g/mol. The first-order valence-electron chi connectivity index (χ1n) is 10.4. The van der Waals surface area contributed by atoms with E-state index in [1.165, 1.54) is 10.5 Å². The molecule has 0 bridgehead atoms. The molecule has 1 fully saturated rings. The maximum Gasteiger partial charge on any atom is 0.225 e. The third-order valence-corrected chi connectivity index (χ3v) is 5.77. The van der Waals surface area contributed by atoms with Crippen molar-refractivity contribution in [3.8, 4) is 5.75 Å². The SMILES string of the molecule is COc1ccc([C@H](CNC(=O)[C@@H]2CC(=O)N(Cc3ccc(C)cc3)C2)[NH+](C)C)cc1. The third-order valence-electron chi connectivity index (χ3n) is 5.77. The summed E-state index contributed by atoms with van der Waals surface area (Å²) < 4.78 is 5.23. The molecule has 2 aromatic rings. The number of ether oxygens (including phenoxy) is 1. The number of methoxy groups -OCH3 is 1. The number of carbonyl (C=O) groups excluding carboxylic acids is 2. The molecule has 1 saturated heterocycles. The Labute approximate surface area is 178 Å². The van der Waals surface area contributed by atoms with Crippen LogP contribution in [0.25, 0.3) is 0 Å². The normalized spacial score (nSPS) is 17.3. The first kappa shape index (κ1) is 21.8. The number of likely N-dealkylation sites (N-methyl/N-ethyl adjacent to an activating group) is 1. The van der Waals surface area contributed by atoms with E-state index < -0.39 is 0 Å². The van der Waals surface area contributed by atoms with Gasteiger partial charge in [-0.3, -0.25) is 9.59 Å². The van der Waals surface area contributed by atoms with Crippen molar-refractivity contribution >= 4 is 11.8 Å². The highest BCUT2D eigenvalue weighted by molar-refractivity contribution is 5.89. The second-order valence-electron chi connectivity index (χ2n) is 8.31. The van der Waals surface area contributed by atoms with Gasteiger partial charge < -0.3 is 19.9 Å². The van der Waals surface area contributed by atoms with Gasteiger partial charge in [-0.05, 0) is 36.8 Å². The zero-order chi connectivity index (χ0) is 21.7. The van der Waals surface area contributed by atoms with Crippen molar-refractivity contribution in [3.63, 3.8) is 0 Å². The molecule has 30 heavy (non-hydrogen) atoms. The number of likely N-dealkylation sites (tertiary alicyclic amines) is 1. The lowest BCUT2D eigenvalue weighted by Crippen LogP contribution is -3.07. The number of hydrogen-bond donors (Lipinski definition) is 2. The number of nitrogens with one attached hydrogen (secondary N) is 2.